The molecule has 4 aromatic rings. The van der Waals surface area contributed by atoms with Gasteiger partial charge in [0.05, 0.1) is 28.4 Å². The Kier molecular flexibility index (Phi) is 12.4. The molecule has 5 aliphatic rings. The van der Waals surface area contributed by atoms with E-state index < -0.39 is 67.3 Å². The highest BCUT2D eigenvalue weighted by Crippen LogP contribution is 2.64. The largest absolute Gasteiger partial charge is 0.459 e. The van der Waals surface area contributed by atoms with E-state index >= 15 is 0 Å². The molecular weight excluding hydrogens is 813 g/mol. The lowest BCUT2D eigenvalue weighted by Gasteiger charge is -2.57. The van der Waals surface area contributed by atoms with E-state index in [0.717, 1.165) is 32.1 Å². The number of ether oxygens (including phenoxy) is 6. The molecule has 1 saturated heterocycles. The minimum Gasteiger partial charge on any atom is -0.459 e. The molecule has 0 amide bonds. The van der Waals surface area contributed by atoms with Crippen molar-refractivity contribution in [2.75, 3.05) is 6.61 Å². The van der Waals surface area contributed by atoms with Crippen LogP contribution in [0.15, 0.2) is 133 Å². The third kappa shape index (κ3) is 8.55. The Hall–Kier alpha value is -5.91. The Bertz CT molecular complexity index is 2370. The van der Waals surface area contributed by atoms with Crippen LogP contribution in [0.25, 0.3) is 0 Å². The fraction of sp³-hybridized carbons (Fsp3) is 0.415. The Morgan fingerprint density at radius 1 is 0.594 bits per heavy atom. The number of carbonyl (C=O) groups excluding carboxylic acids is 5. The molecule has 11 nitrogen and oxygen atoms in total. The number of allylic oxidation sites excluding steroid dienone is 1. The standard InChI is InChI=1S/C53H54O11/c1-52-29-27-38(31-37(52)23-24-39-40-25-26-43(54)53(40,2)30-28-41(39)52)60-51-46(64-50(58)36-21-13-6-14-22-36)45(63-49(57)35-19-11-5-12-20-35)44(62-48(56)34-17-9-4-10-18-34)42(61-51)32-59-47(55)33-15-7-3-8-16-33/h3-23,38-42,44-46,51H,24-32H2,1-2H3/t38-,39-,40-,41-,42+,44+,45-,46+,51+,52-,53-/m0/s1. The average molecular weight is 867 g/mol. The smallest absolute Gasteiger partial charge is 0.338 e. The van der Waals surface area contributed by atoms with Gasteiger partial charge in [-0.25, -0.2) is 19.2 Å². The first-order valence-electron chi connectivity index (χ1n) is 22.6. The van der Waals surface area contributed by atoms with Gasteiger partial charge in [0.15, 0.2) is 24.6 Å². The van der Waals surface area contributed by atoms with Crippen LogP contribution in [0, 0.1) is 28.6 Å². The van der Waals surface area contributed by atoms with Crippen LogP contribution in [-0.4, -0.2) is 73.1 Å². The molecule has 3 saturated carbocycles. The second-order valence-corrected chi connectivity index (χ2v) is 18.4. The van der Waals surface area contributed by atoms with E-state index in [4.69, 9.17) is 28.4 Å². The number of carbonyl (C=O) groups is 5. The van der Waals surface area contributed by atoms with Gasteiger partial charge in [-0.3, -0.25) is 4.79 Å². The van der Waals surface area contributed by atoms with Gasteiger partial charge < -0.3 is 28.4 Å². The zero-order valence-corrected chi connectivity index (χ0v) is 36.2. The monoisotopic (exact) mass is 866 g/mol. The molecule has 0 radical (unpaired) electrons. The predicted octanol–water partition coefficient (Wildman–Crippen LogP) is 9.16. The van der Waals surface area contributed by atoms with E-state index in [1.54, 1.807) is 121 Å². The summed E-state index contributed by atoms with van der Waals surface area (Å²) in [5.74, 6) is -1.20. The third-order valence-electron chi connectivity index (χ3n) is 14.8. The zero-order valence-electron chi connectivity index (χ0n) is 36.2. The maximum atomic E-state index is 14.1. The quantitative estimate of drug-likeness (QED) is 0.0810. The van der Waals surface area contributed by atoms with Crippen LogP contribution in [0.1, 0.15) is 107 Å². The van der Waals surface area contributed by atoms with E-state index in [1.807, 2.05) is 0 Å². The van der Waals surface area contributed by atoms with Crippen molar-refractivity contribution in [1.82, 2.24) is 0 Å². The van der Waals surface area contributed by atoms with Crippen molar-refractivity contribution in [2.24, 2.45) is 28.6 Å². The third-order valence-corrected chi connectivity index (χ3v) is 14.8. The molecule has 11 atom stereocenters. The van der Waals surface area contributed by atoms with Gasteiger partial charge in [0.2, 0.25) is 0 Å². The molecule has 11 heteroatoms. The van der Waals surface area contributed by atoms with Crippen LogP contribution in [0.3, 0.4) is 0 Å². The number of benzene rings is 4. The van der Waals surface area contributed by atoms with Gasteiger partial charge in [0, 0.05) is 11.8 Å². The van der Waals surface area contributed by atoms with E-state index in [-0.39, 0.29) is 27.5 Å². The van der Waals surface area contributed by atoms with Crippen LogP contribution < -0.4 is 0 Å². The summed E-state index contributed by atoms with van der Waals surface area (Å²) in [5.41, 5.74) is 1.95. The molecule has 0 spiro atoms. The maximum Gasteiger partial charge on any atom is 0.338 e. The van der Waals surface area contributed by atoms with Crippen LogP contribution in [0.5, 0.6) is 0 Å². The number of fused-ring (bicyclic) bond motifs is 5. The lowest BCUT2D eigenvalue weighted by molar-refractivity contribution is -0.310. The predicted molar refractivity (Wildman–Crippen MR) is 234 cm³/mol. The Balaban J connectivity index is 1.06. The molecule has 4 fully saturated rings. The fourth-order valence-electron chi connectivity index (χ4n) is 11.3. The number of ketones is 1. The topological polar surface area (TPSA) is 141 Å². The van der Waals surface area contributed by atoms with E-state index in [1.165, 1.54) is 5.57 Å². The first-order chi connectivity index (χ1) is 31.0. The summed E-state index contributed by atoms with van der Waals surface area (Å²) in [6, 6.07) is 33.4. The zero-order chi connectivity index (χ0) is 44.4. The van der Waals surface area contributed by atoms with Crippen LogP contribution in [0.4, 0.5) is 0 Å². The summed E-state index contributed by atoms with van der Waals surface area (Å²) in [5, 5.41) is 0. The van der Waals surface area contributed by atoms with Gasteiger partial charge in [-0.15, -0.1) is 0 Å². The lowest BCUT2D eigenvalue weighted by Crippen LogP contribution is -2.63. The minimum atomic E-state index is -1.50. The highest BCUT2D eigenvalue weighted by Gasteiger charge is 2.59. The van der Waals surface area contributed by atoms with Crippen LogP contribution >= 0.6 is 0 Å². The van der Waals surface area contributed by atoms with Crippen molar-refractivity contribution in [3.8, 4) is 0 Å². The summed E-state index contributed by atoms with van der Waals surface area (Å²) in [7, 11) is 0. The number of rotatable bonds is 11. The molecule has 1 aliphatic heterocycles. The SMILES string of the molecule is C[C@]12CC[C@H](O[C@@H]3O[C@H](COC(=O)c4ccccc4)[C@@H](OC(=O)c4ccccc4)[C@H](OC(=O)c4ccccc4)[C@H]3OC(=O)c3ccccc3)CC1=CC[C@@H]1[C@@H]2CC[C@]2(C)C(=O)CC[C@@H]12. The first-order valence-corrected chi connectivity index (χ1v) is 22.6. The van der Waals surface area contributed by atoms with Gasteiger partial charge in [0.25, 0.3) is 0 Å². The molecule has 9 rings (SSSR count). The maximum absolute atomic E-state index is 14.1. The van der Waals surface area contributed by atoms with Crippen molar-refractivity contribution in [1.29, 1.82) is 0 Å². The molecule has 4 aromatic carbocycles. The number of esters is 4. The summed E-state index contributed by atoms with van der Waals surface area (Å²) >= 11 is 0. The van der Waals surface area contributed by atoms with Gasteiger partial charge in [-0.2, -0.15) is 0 Å². The molecule has 4 aliphatic carbocycles. The molecule has 0 bridgehead atoms. The van der Waals surface area contributed by atoms with Gasteiger partial charge in [0.1, 0.15) is 18.5 Å². The molecule has 1 heterocycles. The second kappa shape index (κ2) is 18.3. The van der Waals surface area contributed by atoms with Gasteiger partial charge in [-0.05, 0) is 117 Å². The Labute approximate surface area is 373 Å². The normalized spacial score (nSPS) is 31.8. The molecular formula is C53H54O11. The lowest BCUT2D eigenvalue weighted by atomic mass is 9.48. The van der Waals surface area contributed by atoms with Gasteiger partial charge >= 0.3 is 23.9 Å². The van der Waals surface area contributed by atoms with Gasteiger partial charge in [-0.1, -0.05) is 98.3 Å². The molecule has 332 valence electrons. The minimum absolute atomic E-state index is 0.0684. The summed E-state index contributed by atoms with van der Waals surface area (Å²) in [6.07, 6.45) is 1.51. The molecule has 64 heavy (non-hydrogen) atoms. The van der Waals surface area contributed by atoms with E-state index in [9.17, 15) is 24.0 Å². The molecule has 0 N–H and O–H groups in total. The summed E-state index contributed by atoms with van der Waals surface area (Å²) in [6.45, 7) is 4.13. The summed E-state index contributed by atoms with van der Waals surface area (Å²) in [4.78, 5) is 68.6. The van der Waals surface area contributed by atoms with Crippen molar-refractivity contribution in [3.05, 3.63) is 155 Å². The first kappa shape index (κ1) is 43.3. The second-order valence-electron chi connectivity index (χ2n) is 18.4. The number of hydrogen-bond donors (Lipinski definition) is 0. The van der Waals surface area contributed by atoms with Crippen molar-refractivity contribution in [2.45, 2.75) is 102 Å². The van der Waals surface area contributed by atoms with Crippen LogP contribution in [-0.2, 0) is 33.2 Å². The Morgan fingerprint density at radius 3 is 1.64 bits per heavy atom. The number of Topliss-reactive ketones (excluding diaryl/α,β-unsaturated/α-hetero) is 1. The molecule has 0 aromatic heterocycles. The highest BCUT2D eigenvalue weighted by molar-refractivity contribution is 5.92. The van der Waals surface area contributed by atoms with E-state index in [2.05, 4.69) is 19.9 Å². The number of hydrogen-bond acceptors (Lipinski definition) is 11. The van der Waals surface area contributed by atoms with Crippen molar-refractivity contribution < 1.29 is 52.4 Å². The van der Waals surface area contributed by atoms with Crippen molar-refractivity contribution >= 4 is 29.7 Å². The Morgan fingerprint density at radius 2 is 1.08 bits per heavy atom. The fourth-order valence-corrected chi connectivity index (χ4v) is 11.3. The molecule has 0 unspecified atom stereocenters. The highest BCUT2D eigenvalue weighted by atomic mass is 16.7. The average Bonchev–Trinajstić information content (AvgIpc) is 3.64. The van der Waals surface area contributed by atoms with Crippen molar-refractivity contribution in [3.63, 3.8) is 0 Å². The van der Waals surface area contributed by atoms with E-state index in [0.29, 0.717) is 48.4 Å². The van der Waals surface area contributed by atoms with Crippen LogP contribution in [0.2, 0.25) is 0 Å². The summed E-state index contributed by atoms with van der Waals surface area (Å²) < 4.78 is 38.3.